The highest BCUT2D eigenvalue weighted by atomic mass is 16.3. The van der Waals surface area contributed by atoms with Gasteiger partial charge >= 0.3 is 0 Å². The van der Waals surface area contributed by atoms with Crippen LogP contribution in [0.1, 0.15) is 30.1 Å². The van der Waals surface area contributed by atoms with Gasteiger partial charge in [-0.05, 0) is 41.3 Å². The van der Waals surface area contributed by atoms with E-state index in [2.05, 4.69) is 57.6 Å². The van der Waals surface area contributed by atoms with Crippen molar-refractivity contribution < 1.29 is 9.90 Å². The van der Waals surface area contributed by atoms with Gasteiger partial charge in [0.1, 0.15) is 0 Å². The van der Waals surface area contributed by atoms with Crippen LogP contribution in [0.15, 0.2) is 132 Å². The van der Waals surface area contributed by atoms with Crippen LogP contribution in [0.2, 0.25) is 0 Å². The number of amides is 1. The summed E-state index contributed by atoms with van der Waals surface area (Å²) < 4.78 is 2.23. The van der Waals surface area contributed by atoms with Gasteiger partial charge in [-0.2, -0.15) is 5.10 Å². The van der Waals surface area contributed by atoms with Crippen molar-refractivity contribution in [1.82, 2.24) is 9.99 Å². The molecule has 1 heterocycles. The van der Waals surface area contributed by atoms with Crippen LogP contribution in [0, 0.1) is 0 Å². The van der Waals surface area contributed by atoms with Crippen LogP contribution in [0.4, 0.5) is 0 Å². The minimum Gasteiger partial charge on any atom is -0.388 e. The molecule has 1 aromatic heterocycles. The lowest BCUT2D eigenvalue weighted by atomic mass is 10.1. The monoisotopic (exact) mass is 499 g/mol. The maximum atomic E-state index is 12.5. The zero-order chi connectivity index (χ0) is 26.2. The van der Waals surface area contributed by atoms with E-state index >= 15 is 0 Å². The molecule has 0 fully saturated rings. The predicted octanol–water partition coefficient (Wildman–Crippen LogP) is 6.78. The molecule has 1 atom stereocenters. The molecule has 5 aromatic rings. The lowest BCUT2D eigenvalue weighted by Gasteiger charge is -2.15. The van der Waals surface area contributed by atoms with Gasteiger partial charge in [-0.15, -0.1) is 0 Å². The Morgan fingerprint density at radius 3 is 1.97 bits per heavy atom. The first kappa shape index (κ1) is 24.9. The van der Waals surface area contributed by atoms with Crippen LogP contribution >= 0.6 is 0 Å². The molecule has 5 heteroatoms. The minimum atomic E-state index is -0.691. The number of para-hydroxylation sites is 1. The smallest absolute Gasteiger partial charge is 0.240 e. The third kappa shape index (κ3) is 5.80. The molecule has 0 bridgehead atoms. The van der Waals surface area contributed by atoms with Gasteiger partial charge in [0.05, 0.1) is 23.7 Å². The summed E-state index contributed by atoms with van der Waals surface area (Å²) in [5.41, 5.74) is 9.46. The Hall–Kier alpha value is -4.74. The van der Waals surface area contributed by atoms with E-state index in [9.17, 15) is 9.90 Å². The number of carbonyl (C=O) groups is 1. The SMILES string of the molecule is O=C(CC[C@H](O)c1ccccc1)N/N=C\c1cc(-c2ccccc2)n(-c2ccccc2)c1-c1ccccc1. The number of hydrazone groups is 1. The average Bonchev–Trinajstić information content (AvgIpc) is 3.37. The molecular formula is C33H29N3O2. The second-order valence-electron chi connectivity index (χ2n) is 8.99. The lowest BCUT2D eigenvalue weighted by Crippen LogP contribution is -2.18. The van der Waals surface area contributed by atoms with E-state index in [4.69, 9.17) is 0 Å². The Kier molecular flexibility index (Phi) is 7.87. The van der Waals surface area contributed by atoms with Crippen molar-refractivity contribution in [3.05, 3.63) is 139 Å². The summed E-state index contributed by atoms with van der Waals surface area (Å²) in [5.74, 6) is -0.247. The molecule has 38 heavy (non-hydrogen) atoms. The first-order valence-electron chi connectivity index (χ1n) is 12.7. The maximum Gasteiger partial charge on any atom is 0.240 e. The summed E-state index contributed by atoms with van der Waals surface area (Å²) >= 11 is 0. The van der Waals surface area contributed by atoms with Gasteiger partial charge in [0.2, 0.25) is 5.91 Å². The standard InChI is InChI=1S/C33H29N3O2/c37-31(26-15-7-2-8-16-26)21-22-32(38)35-34-24-28-23-30(25-13-5-1-6-14-25)36(29-19-11-4-12-20-29)33(28)27-17-9-3-10-18-27/h1-20,23-24,31,37H,21-22H2,(H,35,38)/b34-24-/t31-/m0/s1. The maximum absolute atomic E-state index is 12.5. The topological polar surface area (TPSA) is 66.6 Å². The van der Waals surface area contributed by atoms with Crippen LogP contribution in [-0.4, -0.2) is 21.8 Å². The van der Waals surface area contributed by atoms with Crippen LogP contribution < -0.4 is 5.43 Å². The molecule has 0 aliphatic heterocycles. The second kappa shape index (κ2) is 12.0. The Bertz CT molecular complexity index is 1500. The minimum absolute atomic E-state index is 0.166. The van der Waals surface area contributed by atoms with Crippen LogP contribution in [-0.2, 0) is 4.79 Å². The zero-order valence-electron chi connectivity index (χ0n) is 20.9. The number of hydrogen-bond acceptors (Lipinski definition) is 3. The summed E-state index contributed by atoms with van der Waals surface area (Å²) in [6, 6.07) is 42.1. The number of benzene rings is 4. The number of rotatable bonds is 9. The first-order valence-corrected chi connectivity index (χ1v) is 12.7. The van der Waals surface area contributed by atoms with Crippen LogP contribution in [0.5, 0.6) is 0 Å². The van der Waals surface area contributed by atoms with Crippen molar-refractivity contribution in [3.8, 4) is 28.2 Å². The highest BCUT2D eigenvalue weighted by molar-refractivity contribution is 5.94. The molecular weight excluding hydrogens is 470 g/mol. The fraction of sp³-hybridized carbons (Fsp3) is 0.0909. The highest BCUT2D eigenvalue weighted by Crippen LogP contribution is 2.35. The van der Waals surface area contributed by atoms with E-state index in [1.54, 1.807) is 6.21 Å². The van der Waals surface area contributed by atoms with Gasteiger partial charge in [-0.3, -0.25) is 4.79 Å². The van der Waals surface area contributed by atoms with E-state index in [1.165, 1.54) is 0 Å². The van der Waals surface area contributed by atoms with E-state index in [0.717, 1.165) is 39.3 Å². The Morgan fingerprint density at radius 2 is 1.34 bits per heavy atom. The van der Waals surface area contributed by atoms with E-state index in [-0.39, 0.29) is 12.3 Å². The molecule has 0 radical (unpaired) electrons. The zero-order valence-corrected chi connectivity index (χ0v) is 20.9. The fourth-order valence-electron chi connectivity index (χ4n) is 4.53. The predicted molar refractivity (Wildman–Crippen MR) is 153 cm³/mol. The van der Waals surface area contributed by atoms with E-state index in [1.807, 2.05) is 84.9 Å². The van der Waals surface area contributed by atoms with E-state index in [0.29, 0.717) is 6.42 Å². The summed E-state index contributed by atoms with van der Waals surface area (Å²) in [5, 5.41) is 14.7. The number of carbonyl (C=O) groups excluding carboxylic acids is 1. The van der Waals surface area contributed by atoms with Crippen molar-refractivity contribution in [1.29, 1.82) is 0 Å². The molecule has 0 aliphatic carbocycles. The lowest BCUT2D eigenvalue weighted by molar-refractivity contribution is -0.121. The Balaban J connectivity index is 1.45. The number of hydrogen-bond donors (Lipinski definition) is 2. The molecule has 0 saturated heterocycles. The van der Waals surface area contributed by atoms with Gasteiger partial charge in [-0.1, -0.05) is 109 Å². The molecule has 0 aliphatic rings. The molecule has 1 amide bonds. The third-order valence-electron chi connectivity index (χ3n) is 6.38. The molecule has 4 aromatic carbocycles. The number of nitrogens with one attached hydrogen (secondary N) is 1. The number of aliphatic hydroxyl groups excluding tert-OH is 1. The average molecular weight is 500 g/mol. The number of aromatic nitrogens is 1. The molecule has 2 N–H and O–H groups in total. The van der Waals surface area contributed by atoms with Crippen molar-refractivity contribution in [3.63, 3.8) is 0 Å². The van der Waals surface area contributed by atoms with Crippen LogP contribution in [0.25, 0.3) is 28.2 Å². The van der Waals surface area contributed by atoms with Crippen LogP contribution in [0.3, 0.4) is 0 Å². The normalized spacial score (nSPS) is 11.9. The molecule has 0 saturated carbocycles. The van der Waals surface area contributed by atoms with Crippen molar-refractivity contribution in [2.75, 3.05) is 0 Å². The second-order valence-corrected chi connectivity index (χ2v) is 8.99. The van der Waals surface area contributed by atoms with Crippen molar-refractivity contribution in [2.24, 2.45) is 5.10 Å². The summed E-state index contributed by atoms with van der Waals surface area (Å²) in [6.45, 7) is 0. The van der Waals surface area contributed by atoms with Crippen molar-refractivity contribution >= 4 is 12.1 Å². The summed E-state index contributed by atoms with van der Waals surface area (Å²) in [6.07, 6.45) is 1.49. The Morgan fingerprint density at radius 1 is 0.789 bits per heavy atom. The quantitative estimate of drug-likeness (QED) is 0.173. The molecule has 0 unspecified atom stereocenters. The van der Waals surface area contributed by atoms with Gasteiger partial charge in [0.15, 0.2) is 0 Å². The molecule has 5 rings (SSSR count). The Labute approximate surface area is 222 Å². The first-order chi connectivity index (χ1) is 18.7. The number of nitrogens with zero attached hydrogens (tertiary/aromatic N) is 2. The fourth-order valence-corrected chi connectivity index (χ4v) is 4.53. The van der Waals surface area contributed by atoms with Crippen molar-refractivity contribution in [2.45, 2.75) is 18.9 Å². The van der Waals surface area contributed by atoms with E-state index < -0.39 is 6.10 Å². The summed E-state index contributed by atoms with van der Waals surface area (Å²) in [7, 11) is 0. The summed E-state index contributed by atoms with van der Waals surface area (Å²) in [4.78, 5) is 12.5. The van der Waals surface area contributed by atoms with Gasteiger partial charge < -0.3 is 9.67 Å². The number of aliphatic hydroxyl groups is 1. The van der Waals surface area contributed by atoms with Gasteiger partial charge in [0.25, 0.3) is 0 Å². The highest BCUT2D eigenvalue weighted by Gasteiger charge is 2.18. The van der Waals surface area contributed by atoms with Gasteiger partial charge in [-0.25, -0.2) is 5.43 Å². The third-order valence-corrected chi connectivity index (χ3v) is 6.38. The molecule has 5 nitrogen and oxygen atoms in total. The molecule has 188 valence electrons. The molecule has 0 spiro atoms. The largest absolute Gasteiger partial charge is 0.388 e. The van der Waals surface area contributed by atoms with Gasteiger partial charge in [0, 0.05) is 17.7 Å².